The van der Waals surface area contributed by atoms with Crippen LogP contribution in [0, 0.1) is 20.8 Å². The number of ether oxygens (including phenoxy) is 1. The van der Waals surface area contributed by atoms with Crippen LogP contribution in [-0.2, 0) is 36.8 Å². The quantitative estimate of drug-likeness (QED) is 0.507. The molecule has 0 saturated heterocycles. The lowest BCUT2D eigenvalue weighted by Crippen LogP contribution is -2.15. The summed E-state index contributed by atoms with van der Waals surface area (Å²) in [6.07, 6.45) is 6.57. The van der Waals surface area contributed by atoms with Crippen LogP contribution in [-0.4, -0.2) is 30.6 Å². The van der Waals surface area contributed by atoms with Crippen molar-refractivity contribution < 1.29 is 23.9 Å². The number of benzene rings is 1. The van der Waals surface area contributed by atoms with E-state index in [2.05, 4.69) is 10.1 Å². The number of nitrogens with one attached hydrogen (secondary N) is 1. The molecule has 0 unspecified atom stereocenters. The Morgan fingerprint density at radius 1 is 0.897 bits per heavy atom. The lowest BCUT2D eigenvalue weighted by atomic mass is 9.86. The van der Waals surface area contributed by atoms with Gasteiger partial charge in [-0.15, -0.1) is 0 Å². The van der Waals surface area contributed by atoms with Gasteiger partial charge in [0.05, 0.1) is 7.11 Å². The molecule has 6 heteroatoms. The number of carbonyl (C=O) groups is 4. The second kappa shape index (κ2) is 11.1. The highest BCUT2D eigenvalue weighted by Gasteiger charge is 2.19. The van der Waals surface area contributed by atoms with E-state index >= 15 is 0 Å². The van der Waals surface area contributed by atoms with Gasteiger partial charge in [0.2, 0.25) is 5.91 Å². The third kappa shape index (κ3) is 6.82. The Morgan fingerprint density at radius 2 is 1.55 bits per heavy atom. The first kappa shape index (κ1) is 24.0. The summed E-state index contributed by atoms with van der Waals surface area (Å²) in [5.41, 5.74) is 5.32. The van der Waals surface area contributed by atoms with Gasteiger partial charge in [-0.2, -0.15) is 0 Å². The molecule has 0 heterocycles. The number of anilines is 1. The molecule has 6 nitrogen and oxygen atoms in total. The molecule has 0 aliphatic carbocycles. The monoisotopic (exact) mass is 399 g/mol. The number of hydrogen-bond acceptors (Lipinski definition) is 5. The minimum atomic E-state index is -0.576. The van der Waals surface area contributed by atoms with Crippen molar-refractivity contribution >= 4 is 29.1 Å². The topological polar surface area (TPSA) is 89.5 Å². The summed E-state index contributed by atoms with van der Waals surface area (Å²) in [7, 11) is 1.26. The second-order valence-corrected chi connectivity index (χ2v) is 6.89. The smallest absolute Gasteiger partial charge is 0.330 e. The fourth-order valence-corrected chi connectivity index (χ4v) is 3.13. The van der Waals surface area contributed by atoms with Gasteiger partial charge in [-0.1, -0.05) is 13.3 Å². The Kier molecular flexibility index (Phi) is 9.19. The highest BCUT2D eigenvalue weighted by atomic mass is 16.5. The van der Waals surface area contributed by atoms with Crippen LogP contribution in [0.3, 0.4) is 0 Å². The predicted octanol–water partition coefficient (Wildman–Crippen LogP) is 3.49. The third-order valence-electron chi connectivity index (χ3n) is 4.76. The summed E-state index contributed by atoms with van der Waals surface area (Å²) in [4.78, 5) is 46.8. The minimum absolute atomic E-state index is 0.162. The Labute approximate surface area is 172 Å². The fraction of sp³-hybridized carbons (Fsp3) is 0.391. The van der Waals surface area contributed by atoms with E-state index in [-0.39, 0.29) is 23.9 Å². The maximum atomic E-state index is 12.4. The van der Waals surface area contributed by atoms with Gasteiger partial charge in [0.1, 0.15) is 0 Å². The molecular formula is C23H29NO5. The zero-order valence-corrected chi connectivity index (χ0v) is 18.0. The predicted molar refractivity (Wildman–Crippen MR) is 113 cm³/mol. The van der Waals surface area contributed by atoms with Crippen molar-refractivity contribution in [2.24, 2.45) is 0 Å². The van der Waals surface area contributed by atoms with Crippen molar-refractivity contribution in [1.82, 2.24) is 0 Å². The van der Waals surface area contributed by atoms with E-state index in [0.717, 1.165) is 46.7 Å². The van der Waals surface area contributed by atoms with Gasteiger partial charge in [-0.3, -0.25) is 14.4 Å². The zero-order valence-electron chi connectivity index (χ0n) is 18.0. The first-order valence-corrected chi connectivity index (χ1v) is 9.52. The number of amides is 1. The van der Waals surface area contributed by atoms with Gasteiger partial charge >= 0.3 is 5.97 Å². The van der Waals surface area contributed by atoms with E-state index in [9.17, 15) is 19.2 Å². The van der Waals surface area contributed by atoms with Crippen LogP contribution in [0.15, 0.2) is 24.3 Å². The van der Waals surface area contributed by atoms with E-state index in [1.165, 1.54) is 32.3 Å². The lowest BCUT2D eigenvalue weighted by Gasteiger charge is -2.22. The molecule has 1 N–H and O–H groups in total. The molecule has 1 aromatic carbocycles. The number of esters is 1. The molecule has 0 atom stereocenters. The van der Waals surface area contributed by atoms with Crippen LogP contribution in [0.1, 0.15) is 48.1 Å². The van der Waals surface area contributed by atoms with Crippen LogP contribution in [0.2, 0.25) is 0 Å². The summed E-state index contributed by atoms with van der Waals surface area (Å²) >= 11 is 0. The van der Waals surface area contributed by atoms with Crippen molar-refractivity contribution in [3.63, 3.8) is 0 Å². The third-order valence-corrected chi connectivity index (χ3v) is 4.76. The molecule has 0 aromatic heterocycles. The van der Waals surface area contributed by atoms with Crippen LogP contribution in [0.25, 0.3) is 0 Å². The van der Waals surface area contributed by atoms with Crippen molar-refractivity contribution in [3.8, 4) is 0 Å². The van der Waals surface area contributed by atoms with Gasteiger partial charge in [0, 0.05) is 24.3 Å². The van der Waals surface area contributed by atoms with Crippen molar-refractivity contribution in [2.45, 2.75) is 53.9 Å². The summed E-state index contributed by atoms with van der Waals surface area (Å²) in [5.74, 6) is -1.35. The highest BCUT2D eigenvalue weighted by Crippen LogP contribution is 2.32. The molecule has 0 radical (unpaired) electrons. The highest BCUT2D eigenvalue weighted by molar-refractivity contribution is 6.04. The molecule has 156 valence electrons. The average Bonchev–Trinajstić information content (AvgIpc) is 2.68. The number of hydrogen-bond donors (Lipinski definition) is 1. The molecule has 0 fully saturated rings. The van der Waals surface area contributed by atoms with E-state index in [1.54, 1.807) is 0 Å². The van der Waals surface area contributed by atoms with E-state index < -0.39 is 5.97 Å². The Morgan fingerprint density at radius 3 is 2.10 bits per heavy atom. The number of carbonyl (C=O) groups excluding carboxylic acids is 4. The van der Waals surface area contributed by atoms with Crippen LogP contribution in [0.5, 0.6) is 0 Å². The molecule has 0 aliphatic heterocycles. The molecule has 0 aliphatic rings. The van der Waals surface area contributed by atoms with E-state index in [4.69, 9.17) is 0 Å². The molecule has 0 bridgehead atoms. The fourth-order valence-electron chi connectivity index (χ4n) is 3.13. The van der Waals surface area contributed by atoms with Gasteiger partial charge < -0.3 is 10.1 Å². The largest absolute Gasteiger partial charge is 0.466 e. The lowest BCUT2D eigenvalue weighted by molar-refractivity contribution is -0.135. The maximum Gasteiger partial charge on any atom is 0.330 e. The zero-order chi connectivity index (χ0) is 22.1. The molecular weight excluding hydrogens is 370 g/mol. The molecule has 0 saturated carbocycles. The first-order chi connectivity index (χ1) is 13.6. The Bertz CT molecular complexity index is 878. The van der Waals surface area contributed by atoms with Crippen LogP contribution >= 0.6 is 0 Å². The van der Waals surface area contributed by atoms with Crippen molar-refractivity contribution in [3.05, 3.63) is 52.1 Å². The number of ketones is 2. The SMILES string of the molecule is CCCc1c(C)c(NC(=O)/C=C\C(C)=O)c(C)c(C)c1CC(=O)/C=C\C(=O)OC. The normalized spacial score (nSPS) is 11.1. The Balaban J connectivity index is 3.34. The summed E-state index contributed by atoms with van der Waals surface area (Å²) in [5, 5.41) is 2.86. The molecule has 0 spiro atoms. The second-order valence-electron chi connectivity index (χ2n) is 6.89. The van der Waals surface area contributed by atoms with E-state index in [0.29, 0.717) is 5.69 Å². The summed E-state index contributed by atoms with van der Waals surface area (Å²) in [6, 6.07) is 0. The van der Waals surface area contributed by atoms with Gasteiger partial charge in [-0.25, -0.2) is 4.79 Å². The molecule has 1 amide bonds. The number of rotatable bonds is 9. The maximum absolute atomic E-state index is 12.4. The molecule has 1 aromatic rings. The van der Waals surface area contributed by atoms with Gasteiger partial charge in [-0.05, 0) is 74.1 Å². The molecule has 1 rings (SSSR count). The molecule has 29 heavy (non-hydrogen) atoms. The van der Waals surface area contributed by atoms with Gasteiger partial charge in [0.15, 0.2) is 11.6 Å². The van der Waals surface area contributed by atoms with Crippen LogP contribution in [0.4, 0.5) is 5.69 Å². The van der Waals surface area contributed by atoms with Crippen LogP contribution < -0.4 is 5.32 Å². The minimum Gasteiger partial charge on any atom is -0.466 e. The summed E-state index contributed by atoms with van der Waals surface area (Å²) < 4.78 is 4.52. The standard InChI is InChI=1S/C23H29NO5/c1-7-8-19-17(5)23(24-21(27)11-9-14(2)25)16(4)15(3)20(19)13-18(26)10-12-22(28)29-6/h9-12H,7-8,13H2,1-6H3,(H,24,27)/b11-9-,12-10-. The van der Waals surface area contributed by atoms with Crippen molar-refractivity contribution in [1.29, 1.82) is 0 Å². The first-order valence-electron chi connectivity index (χ1n) is 9.52. The number of methoxy groups -OCH3 is 1. The summed E-state index contributed by atoms with van der Waals surface area (Å²) in [6.45, 7) is 9.15. The van der Waals surface area contributed by atoms with Gasteiger partial charge in [0.25, 0.3) is 0 Å². The average molecular weight is 399 g/mol. The number of allylic oxidation sites excluding steroid dienone is 2. The Hall–Kier alpha value is -3.02. The van der Waals surface area contributed by atoms with E-state index in [1.807, 2.05) is 27.7 Å². The van der Waals surface area contributed by atoms with Crippen molar-refractivity contribution in [2.75, 3.05) is 12.4 Å².